The van der Waals surface area contributed by atoms with Crippen molar-refractivity contribution in [3.05, 3.63) is 85.7 Å². The summed E-state index contributed by atoms with van der Waals surface area (Å²) in [6, 6.07) is 17.4. The van der Waals surface area contributed by atoms with E-state index in [1.54, 1.807) is 10.6 Å². The highest BCUT2D eigenvalue weighted by atomic mass is 32.2. The Bertz CT molecular complexity index is 1710. The van der Waals surface area contributed by atoms with Crippen LogP contribution in [-0.2, 0) is 11.2 Å². The van der Waals surface area contributed by atoms with Gasteiger partial charge in [-0.3, -0.25) is 23.8 Å². The summed E-state index contributed by atoms with van der Waals surface area (Å²) in [6.07, 6.45) is 0.927. The number of aryl methyl sites for hydroxylation is 3. The fourth-order valence-electron chi connectivity index (χ4n) is 3.85. The molecule has 3 aromatic heterocycles. The lowest BCUT2D eigenvalue weighted by molar-refractivity contribution is -0.113. The highest BCUT2D eigenvalue weighted by Crippen LogP contribution is 2.28. The Morgan fingerprint density at radius 3 is 2.41 bits per heavy atom. The maximum absolute atomic E-state index is 13.8. The van der Waals surface area contributed by atoms with Gasteiger partial charge < -0.3 is 5.32 Å². The van der Waals surface area contributed by atoms with Crippen LogP contribution in [0.4, 0.5) is 5.82 Å². The molecule has 5 rings (SSSR count). The number of fused-ring (bicyclic) bond motifs is 1. The van der Waals surface area contributed by atoms with E-state index in [9.17, 15) is 9.59 Å². The molecule has 0 atom stereocenters. The van der Waals surface area contributed by atoms with Crippen molar-refractivity contribution in [2.45, 2.75) is 32.3 Å². The number of nitrogens with zero attached hydrogens (tertiary/aromatic N) is 4. The average Bonchev–Trinajstić information content (AvgIpc) is 3.45. The summed E-state index contributed by atoms with van der Waals surface area (Å²) < 4.78 is 4.37. The monoisotopic (exact) mass is 548 g/mol. The second-order valence-corrected chi connectivity index (χ2v) is 11.1. The Hall–Kier alpha value is -3.54. The molecular weight excluding hydrogens is 525 g/mol. The lowest BCUT2D eigenvalue weighted by atomic mass is 10.1. The van der Waals surface area contributed by atoms with Gasteiger partial charge >= 0.3 is 0 Å². The zero-order chi connectivity index (χ0) is 26.1. The minimum Gasteiger partial charge on any atom is -0.308 e. The van der Waals surface area contributed by atoms with Crippen molar-refractivity contribution in [2.75, 3.05) is 11.1 Å². The van der Waals surface area contributed by atoms with Crippen molar-refractivity contribution < 1.29 is 4.79 Å². The number of amides is 1. The van der Waals surface area contributed by atoms with E-state index in [4.69, 9.17) is 17.2 Å². The van der Waals surface area contributed by atoms with Gasteiger partial charge in [0.05, 0.1) is 11.4 Å². The number of anilines is 1. The predicted molar refractivity (Wildman–Crippen MR) is 152 cm³/mol. The Balaban J connectivity index is 1.60. The van der Waals surface area contributed by atoms with Gasteiger partial charge in [-0.2, -0.15) is 5.10 Å². The van der Waals surface area contributed by atoms with Crippen LogP contribution in [0.15, 0.2) is 64.5 Å². The number of carbonyl (C=O) groups excluding carboxylic acids is 1. The van der Waals surface area contributed by atoms with E-state index in [2.05, 4.69) is 22.4 Å². The number of hydrogen-bond donors (Lipinski definition) is 2. The molecular formula is C26H24N6O2S3. The molecule has 0 unspecified atom stereocenters. The quantitative estimate of drug-likeness (QED) is 0.156. The molecule has 0 aliphatic heterocycles. The second kappa shape index (κ2) is 10.4. The first-order chi connectivity index (χ1) is 17.8. The number of thiazole rings is 1. The van der Waals surface area contributed by atoms with Crippen molar-refractivity contribution >= 4 is 57.4 Å². The number of benzene rings is 2. The summed E-state index contributed by atoms with van der Waals surface area (Å²) in [6.45, 7) is 5.94. The van der Waals surface area contributed by atoms with Gasteiger partial charge in [0.25, 0.3) is 5.56 Å². The molecule has 3 heterocycles. The Morgan fingerprint density at radius 2 is 1.76 bits per heavy atom. The third-order valence-electron chi connectivity index (χ3n) is 5.78. The van der Waals surface area contributed by atoms with E-state index < -0.39 is 0 Å². The van der Waals surface area contributed by atoms with E-state index in [1.807, 2.05) is 66.9 Å². The number of thioether (sulfide) groups is 1. The number of H-pyrrole nitrogens is 1. The number of hydrogen-bond acceptors (Lipinski definition) is 7. The van der Waals surface area contributed by atoms with Crippen molar-refractivity contribution in [1.82, 2.24) is 24.3 Å². The van der Waals surface area contributed by atoms with E-state index >= 15 is 0 Å². The SMILES string of the molecule is CCc1ccc(-n2c(=S)sc3c(=O)n(-c4ccc(C)cc4)c(SCC(=O)Nc4cc(C)[nH]n4)nc32)cc1. The molecule has 0 spiro atoms. The number of aromatic amines is 1. The normalized spacial score (nSPS) is 11.2. The fraction of sp³-hybridized carbons (Fsp3) is 0.192. The first-order valence-corrected chi connectivity index (χ1v) is 13.8. The molecule has 37 heavy (non-hydrogen) atoms. The Morgan fingerprint density at radius 1 is 1.08 bits per heavy atom. The maximum Gasteiger partial charge on any atom is 0.278 e. The molecule has 0 fully saturated rings. The number of carbonyl (C=O) groups is 1. The highest BCUT2D eigenvalue weighted by Gasteiger charge is 2.20. The van der Waals surface area contributed by atoms with Crippen LogP contribution in [0.5, 0.6) is 0 Å². The first kappa shape index (κ1) is 25.1. The maximum atomic E-state index is 13.8. The largest absolute Gasteiger partial charge is 0.308 e. The number of rotatable bonds is 7. The fourth-order valence-corrected chi connectivity index (χ4v) is 5.96. The average molecular weight is 549 g/mol. The smallest absolute Gasteiger partial charge is 0.278 e. The van der Waals surface area contributed by atoms with Crippen LogP contribution in [0, 0.1) is 17.8 Å². The molecule has 188 valence electrons. The highest BCUT2D eigenvalue weighted by molar-refractivity contribution is 7.99. The molecule has 0 saturated heterocycles. The molecule has 0 aliphatic rings. The molecule has 2 N–H and O–H groups in total. The molecule has 1 amide bonds. The van der Waals surface area contributed by atoms with Gasteiger partial charge in [0, 0.05) is 17.4 Å². The number of aromatic nitrogens is 5. The van der Waals surface area contributed by atoms with E-state index in [0.29, 0.717) is 31.0 Å². The van der Waals surface area contributed by atoms with Gasteiger partial charge in [-0.1, -0.05) is 59.9 Å². The second-order valence-electron chi connectivity index (χ2n) is 8.52. The van der Waals surface area contributed by atoms with E-state index in [1.165, 1.54) is 28.7 Å². The summed E-state index contributed by atoms with van der Waals surface area (Å²) in [5.74, 6) is 0.245. The topological polar surface area (TPSA) is 97.6 Å². The van der Waals surface area contributed by atoms with Crippen LogP contribution in [0.3, 0.4) is 0 Å². The summed E-state index contributed by atoms with van der Waals surface area (Å²) in [5, 5.41) is 10.0. The molecule has 8 nitrogen and oxygen atoms in total. The summed E-state index contributed by atoms with van der Waals surface area (Å²) >= 11 is 8.10. The van der Waals surface area contributed by atoms with E-state index in [-0.39, 0.29) is 17.2 Å². The summed E-state index contributed by atoms with van der Waals surface area (Å²) in [7, 11) is 0. The van der Waals surface area contributed by atoms with Crippen LogP contribution in [0.1, 0.15) is 23.7 Å². The van der Waals surface area contributed by atoms with Gasteiger partial charge in [-0.15, -0.1) is 0 Å². The minimum atomic E-state index is -0.251. The van der Waals surface area contributed by atoms with Gasteiger partial charge in [0.2, 0.25) is 5.91 Å². The lowest BCUT2D eigenvalue weighted by Crippen LogP contribution is -2.22. The Kier molecular flexibility index (Phi) is 7.09. The van der Waals surface area contributed by atoms with Crippen LogP contribution in [0.25, 0.3) is 21.7 Å². The third-order valence-corrected chi connectivity index (χ3v) is 8.07. The Labute approximate surface area is 226 Å². The minimum absolute atomic E-state index is 0.0474. The third kappa shape index (κ3) is 5.15. The number of nitrogens with one attached hydrogen (secondary N) is 2. The molecule has 0 aliphatic carbocycles. The van der Waals surface area contributed by atoms with Gasteiger partial charge in [-0.05, 0) is 62.3 Å². The van der Waals surface area contributed by atoms with Crippen LogP contribution >= 0.6 is 35.3 Å². The molecule has 0 saturated carbocycles. The molecule has 2 aromatic carbocycles. The van der Waals surface area contributed by atoms with Crippen molar-refractivity contribution in [3.8, 4) is 11.4 Å². The molecule has 5 aromatic rings. The van der Waals surface area contributed by atoms with Gasteiger partial charge in [0.15, 0.2) is 20.6 Å². The standard InChI is InChI=1S/C26H24N6O2S3/c1-4-17-7-11-18(12-8-17)31-23-22(37-26(31)35)24(34)32(19-9-5-15(2)6-10-19)25(28-23)36-14-21(33)27-20-13-16(3)29-30-20/h5-13H,4,14H2,1-3H3,(H2,27,29,30,33). The van der Waals surface area contributed by atoms with Crippen LogP contribution in [0.2, 0.25) is 0 Å². The summed E-state index contributed by atoms with van der Waals surface area (Å²) in [4.78, 5) is 31.4. The van der Waals surface area contributed by atoms with Crippen LogP contribution < -0.4 is 10.9 Å². The van der Waals surface area contributed by atoms with Crippen molar-refractivity contribution in [1.29, 1.82) is 0 Å². The van der Waals surface area contributed by atoms with Crippen molar-refractivity contribution in [2.24, 2.45) is 0 Å². The molecule has 0 bridgehead atoms. The molecule has 11 heteroatoms. The van der Waals surface area contributed by atoms with Gasteiger partial charge in [-0.25, -0.2) is 4.98 Å². The van der Waals surface area contributed by atoms with Gasteiger partial charge in [0.1, 0.15) is 4.70 Å². The van der Waals surface area contributed by atoms with E-state index in [0.717, 1.165) is 23.4 Å². The predicted octanol–water partition coefficient (Wildman–Crippen LogP) is 5.60. The zero-order valence-corrected chi connectivity index (χ0v) is 22.9. The van der Waals surface area contributed by atoms with Crippen molar-refractivity contribution in [3.63, 3.8) is 0 Å². The first-order valence-electron chi connectivity index (χ1n) is 11.6. The summed E-state index contributed by atoms with van der Waals surface area (Å²) in [5.41, 5.74) is 4.91. The zero-order valence-electron chi connectivity index (χ0n) is 20.4. The lowest BCUT2D eigenvalue weighted by Gasteiger charge is -2.13. The molecule has 0 radical (unpaired) electrons. The van der Waals surface area contributed by atoms with Crippen LogP contribution in [-0.4, -0.2) is 36.0 Å².